The van der Waals surface area contributed by atoms with Crippen LogP contribution in [0.4, 0.5) is 5.69 Å². The highest BCUT2D eigenvalue weighted by atomic mass is 16.6. The maximum absolute atomic E-state index is 11.7. The molecular formula is C10H6N2O4. The number of nitro benzene ring substituents is 1. The molecule has 0 aliphatic rings. The van der Waals surface area contributed by atoms with Gasteiger partial charge in [-0.1, -0.05) is 17.3 Å². The predicted octanol–water partition coefficient (Wildman–Crippen LogP) is 1.81. The van der Waals surface area contributed by atoms with Crippen LogP contribution in [0.15, 0.2) is 41.1 Å². The Morgan fingerprint density at radius 1 is 1.38 bits per heavy atom. The van der Waals surface area contributed by atoms with Crippen LogP contribution in [0, 0.1) is 10.1 Å². The minimum Gasteiger partial charge on any atom is -0.364 e. The number of ketones is 1. The molecule has 0 aliphatic heterocycles. The van der Waals surface area contributed by atoms with Crippen LogP contribution in [0.2, 0.25) is 0 Å². The summed E-state index contributed by atoms with van der Waals surface area (Å²) in [6, 6.07) is 6.87. The van der Waals surface area contributed by atoms with Gasteiger partial charge in [0.1, 0.15) is 6.26 Å². The quantitative estimate of drug-likeness (QED) is 0.445. The molecule has 0 N–H and O–H groups in total. The second kappa shape index (κ2) is 3.93. The summed E-state index contributed by atoms with van der Waals surface area (Å²) >= 11 is 0. The number of benzene rings is 1. The molecule has 0 amide bonds. The number of hydrogen-bond donors (Lipinski definition) is 0. The third-order valence-corrected chi connectivity index (χ3v) is 1.99. The van der Waals surface area contributed by atoms with E-state index in [0.717, 1.165) is 0 Å². The fourth-order valence-corrected chi connectivity index (χ4v) is 1.24. The molecule has 6 heteroatoms. The number of aromatic nitrogens is 1. The molecule has 0 radical (unpaired) electrons. The molecule has 0 unspecified atom stereocenters. The van der Waals surface area contributed by atoms with Crippen LogP contribution in [-0.2, 0) is 0 Å². The number of non-ortho nitro benzene ring substituents is 1. The normalized spacial score (nSPS) is 10.0. The third-order valence-electron chi connectivity index (χ3n) is 1.99. The summed E-state index contributed by atoms with van der Waals surface area (Å²) in [6.07, 6.45) is 1.27. The Morgan fingerprint density at radius 3 is 2.81 bits per heavy atom. The Bertz CT molecular complexity index is 534. The SMILES string of the molecule is O=C(c1cccc([N+](=O)[O-])c1)c1ccon1. The summed E-state index contributed by atoms with van der Waals surface area (Å²) < 4.78 is 4.53. The van der Waals surface area contributed by atoms with Gasteiger partial charge in [0.05, 0.1) is 4.92 Å². The van der Waals surface area contributed by atoms with Crippen molar-refractivity contribution in [2.24, 2.45) is 0 Å². The van der Waals surface area contributed by atoms with Gasteiger partial charge in [0.15, 0.2) is 5.69 Å². The molecule has 16 heavy (non-hydrogen) atoms. The number of hydrogen-bond acceptors (Lipinski definition) is 5. The van der Waals surface area contributed by atoms with E-state index in [0.29, 0.717) is 0 Å². The first-order chi connectivity index (χ1) is 7.68. The van der Waals surface area contributed by atoms with Crippen LogP contribution in [-0.4, -0.2) is 15.9 Å². The van der Waals surface area contributed by atoms with Gasteiger partial charge in [-0.05, 0) is 0 Å². The van der Waals surface area contributed by atoms with Crippen molar-refractivity contribution in [1.82, 2.24) is 5.16 Å². The summed E-state index contributed by atoms with van der Waals surface area (Å²) in [5, 5.41) is 14.0. The van der Waals surface area contributed by atoms with Crippen molar-refractivity contribution in [2.45, 2.75) is 0 Å². The highest BCUT2D eigenvalue weighted by Gasteiger charge is 2.15. The molecule has 0 atom stereocenters. The van der Waals surface area contributed by atoms with Crippen molar-refractivity contribution in [3.8, 4) is 0 Å². The number of nitro groups is 1. The molecule has 0 saturated carbocycles. The molecule has 0 fully saturated rings. The van der Waals surface area contributed by atoms with Crippen molar-refractivity contribution in [2.75, 3.05) is 0 Å². The second-order valence-corrected chi connectivity index (χ2v) is 3.02. The van der Waals surface area contributed by atoms with E-state index >= 15 is 0 Å². The minimum absolute atomic E-state index is 0.125. The summed E-state index contributed by atoms with van der Waals surface area (Å²) in [5.74, 6) is -0.405. The largest absolute Gasteiger partial charge is 0.364 e. The lowest BCUT2D eigenvalue weighted by Gasteiger charge is -1.96. The van der Waals surface area contributed by atoms with E-state index in [1.54, 1.807) is 0 Å². The van der Waals surface area contributed by atoms with Crippen LogP contribution in [0.25, 0.3) is 0 Å². The van der Waals surface area contributed by atoms with Crippen molar-refractivity contribution in [1.29, 1.82) is 0 Å². The Morgan fingerprint density at radius 2 is 2.19 bits per heavy atom. The van der Waals surface area contributed by atoms with E-state index in [1.807, 2.05) is 0 Å². The van der Waals surface area contributed by atoms with E-state index < -0.39 is 10.7 Å². The van der Waals surface area contributed by atoms with Crippen molar-refractivity contribution < 1.29 is 14.2 Å². The van der Waals surface area contributed by atoms with Crippen molar-refractivity contribution in [3.05, 3.63) is 58.0 Å². The van der Waals surface area contributed by atoms with Gasteiger partial charge >= 0.3 is 0 Å². The van der Waals surface area contributed by atoms with Gasteiger partial charge in [-0.3, -0.25) is 14.9 Å². The van der Waals surface area contributed by atoms with Gasteiger partial charge in [-0.15, -0.1) is 0 Å². The van der Waals surface area contributed by atoms with E-state index in [1.165, 1.54) is 36.6 Å². The van der Waals surface area contributed by atoms with E-state index in [-0.39, 0.29) is 16.9 Å². The summed E-state index contributed by atoms with van der Waals surface area (Å²) in [6.45, 7) is 0. The summed E-state index contributed by atoms with van der Waals surface area (Å²) in [4.78, 5) is 21.7. The maximum Gasteiger partial charge on any atom is 0.270 e. The second-order valence-electron chi connectivity index (χ2n) is 3.02. The maximum atomic E-state index is 11.7. The zero-order chi connectivity index (χ0) is 11.5. The van der Waals surface area contributed by atoms with Crippen LogP contribution in [0.3, 0.4) is 0 Å². The zero-order valence-corrected chi connectivity index (χ0v) is 7.99. The lowest BCUT2D eigenvalue weighted by atomic mass is 10.1. The smallest absolute Gasteiger partial charge is 0.270 e. The van der Waals surface area contributed by atoms with Gasteiger partial charge in [0.2, 0.25) is 5.78 Å². The third kappa shape index (κ3) is 1.81. The van der Waals surface area contributed by atoms with E-state index in [9.17, 15) is 14.9 Å². The number of carbonyl (C=O) groups excluding carboxylic acids is 1. The van der Waals surface area contributed by atoms with Crippen molar-refractivity contribution >= 4 is 11.5 Å². The number of carbonyl (C=O) groups is 1. The Hall–Kier alpha value is -2.50. The molecule has 2 aromatic rings. The van der Waals surface area contributed by atoms with Gasteiger partial charge in [-0.25, -0.2) is 0 Å². The molecule has 0 bridgehead atoms. The summed E-state index contributed by atoms with van der Waals surface area (Å²) in [5.41, 5.74) is 0.206. The Balaban J connectivity index is 2.38. The topological polar surface area (TPSA) is 86.2 Å². The van der Waals surface area contributed by atoms with E-state index in [4.69, 9.17) is 0 Å². The molecular weight excluding hydrogens is 212 g/mol. The lowest BCUT2D eigenvalue weighted by Crippen LogP contribution is -2.02. The highest BCUT2D eigenvalue weighted by molar-refractivity contribution is 6.07. The Kier molecular flexibility index (Phi) is 2.47. The van der Waals surface area contributed by atoms with Crippen LogP contribution in [0.5, 0.6) is 0 Å². The van der Waals surface area contributed by atoms with Gasteiger partial charge in [0, 0.05) is 23.8 Å². The fraction of sp³-hybridized carbons (Fsp3) is 0. The van der Waals surface area contributed by atoms with Crippen LogP contribution in [0.1, 0.15) is 16.1 Å². The van der Waals surface area contributed by atoms with Gasteiger partial charge in [-0.2, -0.15) is 0 Å². The molecule has 80 valence electrons. The number of nitrogens with zero attached hydrogens (tertiary/aromatic N) is 2. The minimum atomic E-state index is -0.556. The molecule has 1 aromatic heterocycles. The molecule has 0 saturated heterocycles. The molecule has 0 aliphatic carbocycles. The Labute approximate surface area is 89.6 Å². The average molecular weight is 218 g/mol. The van der Waals surface area contributed by atoms with E-state index in [2.05, 4.69) is 9.68 Å². The molecule has 6 nitrogen and oxygen atoms in total. The summed E-state index contributed by atoms with van der Waals surface area (Å²) in [7, 11) is 0. The van der Waals surface area contributed by atoms with Gasteiger partial charge < -0.3 is 4.52 Å². The first-order valence-corrected chi connectivity index (χ1v) is 4.38. The van der Waals surface area contributed by atoms with Crippen LogP contribution >= 0.6 is 0 Å². The number of rotatable bonds is 3. The average Bonchev–Trinajstić information content (AvgIpc) is 2.81. The predicted molar refractivity (Wildman–Crippen MR) is 53.0 cm³/mol. The first kappa shape index (κ1) is 10.0. The fourth-order valence-electron chi connectivity index (χ4n) is 1.24. The highest BCUT2D eigenvalue weighted by Crippen LogP contribution is 2.15. The molecule has 0 spiro atoms. The monoisotopic (exact) mass is 218 g/mol. The van der Waals surface area contributed by atoms with Crippen LogP contribution < -0.4 is 0 Å². The van der Waals surface area contributed by atoms with Crippen molar-refractivity contribution in [3.63, 3.8) is 0 Å². The molecule has 1 aromatic carbocycles. The molecule has 1 heterocycles. The zero-order valence-electron chi connectivity index (χ0n) is 7.99. The van der Waals surface area contributed by atoms with Gasteiger partial charge in [0.25, 0.3) is 5.69 Å². The molecule has 2 rings (SSSR count). The standard InChI is InChI=1S/C10H6N2O4/c13-10(9-4-5-16-11-9)7-2-1-3-8(6-7)12(14)15/h1-6H. The first-order valence-electron chi connectivity index (χ1n) is 4.38. The lowest BCUT2D eigenvalue weighted by molar-refractivity contribution is -0.384.